The van der Waals surface area contributed by atoms with E-state index in [9.17, 15) is 35.2 Å². The molecule has 0 aromatic heterocycles. The first-order chi connectivity index (χ1) is 17.1. The number of nitro benzene ring substituents is 2. The minimum absolute atomic E-state index is 0.0878. The molecular weight excluding hydrogens is 468 g/mol. The van der Waals surface area contributed by atoms with E-state index in [1.54, 1.807) is 9.80 Å². The molecular formula is C25H34N4O7. The van der Waals surface area contributed by atoms with E-state index in [0.29, 0.717) is 51.9 Å². The second kappa shape index (κ2) is 12.7. The van der Waals surface area contributed by atoms with Crippen molar-refractivity contribution in [2.45, 2.75) is 53.4 Å². The maximum atomic E-state index is 13.6. The summed E-state index contributed by atoms with van der Waals surface area (Å²) < 4.78 is 0. The number of carbonyl (C=O) groups excluding carboxylic acids is 1. The Labute approximate surface area is 210 Å². The van der Waals surface area contributed by atoms with Crippen molar-refractivity contribution in [3.05, 3.63) is 55.6 Å². The van der Waals surface area contributed by atoms with Crippen molar-refractivity contribution < 1.29 is 24.9 Å². The lowest BCUT2D eigenvalue weighted by atomic mass is 9.99. The van der Waals surface area contributed by atoms with Gasteiger partial charge in [-0.3, -0.25) is 25.0 Å². The van der Waals surface area contributed by atoms with E-state index in [2.05, 4.69) is 0 Å². The number of anilines is 2. The average molecular weight is 503 g/mol. The van der Waals surface area contributed by atoms with Gasteiger partial charge in [-0.15, -0.1) is 0 Å². The molecule has 2 aromatic rings. The molecule has 196 valence electrons. The zero-order chi connectivity index (χ0) is 27.0. The first-order valence-electron chi connectivity index (χ1n) is 12.2. The van der Waals surface area contributed by atoms with E-state index in [4.69, 9.17) is 0 Å². The van der Waals surface area contributed by atoms with Gasteiger partial charge in [-0.25, -0.2) is 0 Å². The molecule has 0 heterocycles. The quantitative estimate of drug-likeness (QED) is 0.197. The SMILES string of the molecule is CCCN(CCC)c1cc(C(=O)c2cc(N(CCC)CCC)c(O)c([N+](=O)[O-])c2)cc([N+](=O)[O-])c1O. The molecule has 0 spiro atoms. The van der Waals surface area contributed by atoms with Gasteiger partial charge in [-0.1, -0.05) is 27.7 Å². The number of phenolic OH excluding ortho intramolecular Hbond substituents is 2. The van der Waals surface area contributed by atoms with Crippen molar-refractivity contribution in [1.29, 1.82) is 0 Å². The Balaban J connectivity index is 2.75. The van der Waals surface area contributed by atoms with Gasteiger partial charge in [-0.2, -0.15) is 0 Å². The number of aromatic hydroxyl groups is 2. The highest BCUT2D eigenvalue weighted by Crippen LogP contribution is 2.41. The van der Waals surface area contributed by atoms with Crippen molar-refractivity contribution in [3.8, 4) is 11.5 Å². The van der Waals surface area contributed by atoms with Crippen LogP contribution in [0.15, 0.2) is 24.3 Å². The fraction of sp³-hybridized carbons (Fsp3) is 0.480. The van der Waals surface area contributed by atoms with Crippen LogP contribution in [-0.4, -0.2) is 52.0 Å². The molecule has 0 bridgehead atoms. The van der Waals surface area contributed by atoms with E-state index in [1.165, 1.54) is 12.1 Å². The number of hydrogen-bond acceptors (Lipinski definition) is 9. The molecule has 36 heavy (non-hydrogen) atoms. The first kappa shape index (κ1) is 28.3. The van der Waals surface area contributed by atoms with Crippen LogP contribution in [0.4, 0.5) is 22.7 Å². The van der Waals surface area contributed by atoms with E-state index in [0.717, 1.165) is 12.1 Å². The summed E-state index contributed by atoms with van der Waals surface area (Å²) in [4.78, 5) is 38.9. The minimum Gasteiger partial charge on any atom is -0.501 e. The zero-order valence-electron chi connectivity index (χ0n) is 21.2. The summed E-state index contributed by atoms with van der Waals surface area (Å²) in [6, 6.07) is 4.71. The van der Waals surface area contributed by atoms with Crippen LogP contribution in [0.25, 0.3) is 0 Å². The predicted octanol–water partition coefficient (Wildman–Crippen LogP) is 5.40. The molecule has 0 unspecified atom stereocenters. The van der Waals surface area contributed by atoms with Crippen LogP contribution in [0, 0.1) is 20.2 Å². The number of rotatable bonds is 14. The largest absolute Gasteiger partial charge is 0.501 e. The average Bonchev–Trinajstić information content (AvgIpc) is 2.83. The number of phenols is 2. The van der Waals surface area contributed by atoms with E-state index < -0.39 is 38.5 Å². The maximum absolute atomic E-state index is 13.6. The van der Waals surface area contributed by atoms with Gasteiger partial charge in [0, 0.05) is 49.4 Å². The molecule has 0 aliphatic rings. The van der Waals surface area contributed by atoms with Crippen molar-refractivity contribution in [1.82, 2.24) is 0 Å². The topological polar surface area (TPSA) is 150 Å². The molecule has 11 heteroatoms. The lowest BCUT2D eigenvalue weighted by Crippen LogP contribution is -2.26. The monoisotopic (exact) mass is 502 g/mol. The number of carbonyl (C=O) groups is 1. The van der Waals surface area contributed by atoms with Crippen molar-refractivity contribution >= 4 is 28.5 Å². The maximum Gasteiger partial charge on any atom is 0.313 e. The molecule has 0 saturated heterocycles. The molecule has 0 atom stereocenters. The Hall–Kier alpha value is -3.89. The molecule has 0 aliphatic heterocycles. The lowest BCUT2D eigenvalue weighted by Gasteiger charge is -2.25. The fourth-order valence-electron chi connectivity index (χ4n) is 4.18. The van der Waals surface area contributed by atoms with Gasteiger partial charge >= 0.3 is 11.4 Å². The molecule has 11 nitrogen and oxygen atoms in total. The number of nitro groups is 2. The van der Waals surface area contributed by atoms with Crippen LogP contribution < -0.4 is 9.80 Å². The standard InChI is InChI=1S/C25H34N4O7/c1-5-9-26(10-6-2)19-13-17(15-21(24(19)31)28(33)34)23(30)18-14-20(27(11-7-3)12-8-4)25(32)22(16-18)29(35)36/h13-16,31-32H,5-12H2,1-4H3. The van der Waals surface area contributed by atoms with E-state index in [1.807, 2.05) is 27.7 Å². The van der Waals surface area contributed by atoms with Crippen LogP contribution in [0.3, 0.4) is 0 Å². The fourth-order valence-corrected chi connectivity index (χ4v) is 4.18. The summed E-state index contributed by atoms with van der Waals surface area (Å²) in [6.07, 6.45) is 2.85. The third-order valence-corrected chi connectivity index (χ3v) is 5.71. The molecule has 2 rings (SSSR count). The minimum atomic E-state index is -0.763. The Morgan fingerprint density at radius 2 is 1.00 bits per heavy atom. The second-order valence-electron chi connectivity index (χ2n) is 8.54. The van der Waals surface area contributed by atoms with Gasteiger partial charge in [0.2, 0.25) is 11.5 Å². The Morgan fingerprint density at radius 1 is 0.694 bits per heavy atom. The summed E-state index contributed by atoms with van der Waals surface area (Å²) in [5, 5.41) is 44.6. The summed E-state index contributed by atoms with van der Waals surface area (Å²) in [6.45, 7) is 9.75. The van der Waals surface area contributed by atoms with Crippen LogP contribution >= 0.6 is 0 Å². The van der Waals surface area contributed by atoms with Crippen LogP contribution in [0.5, 0.6) is 11.5 Å². The number of benzene rings is 2. The van der Waals surface area contributed by atoms with E-state index >= 15 is 0 Å². The van der Waals surface area contributed by atoms with Crippen LogP contribution in [0.2, 0.25) is 0 Å². The predicted molar refractivity (Wildman–Crippen MR) is 139 cm³/mol. The summed E-state index contributed by atoms with van der Waals surface area (Å²) in [5.41, 5.74) is -1.11. The molecule has 2 aromatic carbocycles. The molecule has 0 amide bonds. The van der Waals surface area contributed by atoms with Gasteiger partial charge in [0.15, 0.2) is 5.78 Å². The number of hydrogen-bond donors (Lipinski definition) is 2. The highest BCUT2D eigenvalue weighted by molar-refractivity contribution is 6.11. The molecule has 0 aliphatic carbocycles. The highest BCUT2D eigenvalue weighted by Gasteiger charge is 2.28. The van der Waals surface area contributed by atoms with Crippen LogP contribution in [-0.2, 0) is 0 Å². The van der Waals surface area contributed by atoms with E-state index in [-0.39, 0.29) is 22.5 Å². The Morgan fingerprint density at radius 3 is 1.25 bits per heavy atom. The molecule has 2 N–H and O–H groups in total. The van der Waals surface area contributed by atoms with Gasteiger partial charge in [0.1, 0.15) is 0 Å². The number of ketones is 1. The zero-order valence-corrected chi connectivity index (χ0v) is 21.2. The number of nitrogens with zero attached hydrogens (tertiary/aromatic N) is 4. The van der Waals surface area contributed by atoms with Crippen molar-refractivity contribution in [2.75, 3.05) is 36.0 Å². The Bertz CT molecular complexity index is 1020. The van der Waals surface area contributed by atoms with Gasteiger partial charge in [-0.05, 0) is 37.8 Å². The van der Waals surface area contributed by atoms with Gasteiger partial charge < -0.3 is 20.0 Å². The van der Waals surface area contributed by atoms with Gasteiger partial charge in [0.05, 0.1) is 21.2 Å². The first-order valence-corrected chi connectivity index (χ1v) is 12.2. The smallest absolute Gasteiger partial charge is 0.313 e. The summed E-state index contributed by atoms with van der Waals surface area (Å²) in [5.74, 6) is -1.76. The third kappa shape index (κ3) is 6.21. The summed E-state index contributed by atoms with van der Waals surface area (Å²) >= 11 is 0. The van der Waals surface area contributed by atoms with Crippen molar-refractivity contribution in [2.24, 2.45) is 0 Å². The highest BCUT2D eigenvalue weighted by atomic mass is 16.6. The molecule has 0 fully saturated rings. The van der Waals surface area contributed by atoms with Crippen LogP contribution in [0.1, 0.15) is 69.3 Å². The molecule has 0 radical (unpaired) electrons. The van der Waals surface area contributed by atoms with Gasteiger partial charge in [0.25, 0.3) is 0 Å². The molecule has 0 saturated carbocycles. The normalized spacial score (nSPS) is 10.8. The third-order valence-electron chi connectivity index (χ3n) is 5.71. The lowest BCUT2D eigenvalue weighted by molar-refractivity contribution is -0.385. The van der Waals surface area contributed by atoms with Crippen molar-refractivity contribution in [3.63, 3.8) is 0 Å². The summed E-state index contributed by atoms with van der Waals surface area (Å²) in [7, 11) is 0. The second-order valence-corrected chi connectivity index (χ2v) is 8.54. The Kier molecular flexibility index (Phi) is 10.0.